The fourth-order valence-electron chi connectivity index (χ4n) is 3.99. The summed E-state index contributed by atoms with van der Waals surface area (Å²) in [6.07, 6.45) is 5.08. The molecular weight excluding hydrogens is 520 g/mol. The summed E-state index contributed by atoms with van der Waals surface area (Å²) in [6, 6.07) is 13.6. The highest BCUT2D eigenvalue weighted by Crippen LogP contribution is 2.13. The van der Waals surface area contributed by atoms with Crippen molar-refractivity contribution < 1.29 is 19.1 Å². The van der Waals surface area contributed by atoms with E-state index in [0.29, 0.717) is 35.9 Å². The lowest BCUT2D eigenvalue weighted by Crippen LogP contribution is -2.33. The number of aryl methyl sites for hydroxylation is 1. The molecule has 0 unspecified atom stereocenters. The van der Waals surface area contributed by atoms with Gasteiger partial charge in [-0.25, -0.2) is 9.78 Å². The molecule has 0 bridgehead atoms. The summed E-state index contributed by atoms with van der Waals surface area (Å²) in [7, 11) is 0. The molecular formula is C29H29ClN4O5. The number of ether oxygens (including phenoxy) is 2. The van der Waals surface area contributed by atoms with E-state index in [0.717, 1.165) is 5.56 Å². The number of rotatable bonds is 9. The molecule has 0 aliphatic carbocycles. The third kappa shape index (κ3) is 6.68. The first-order chi connectivity index (χ1) is 18.8. The van der Waals surface area contributed by atoms with E-state index in [9.17, 15) is 14.4 Å². The maximum Gasteiger partial charge on any atom is 0.341 e. The molecule has 3 aromatic heterocycles. The Hall–Kier alpha value is -4.08. The minimum atomic E-state index is -0.697. The second kappa shape index (κ2) is 12.6. The number of benzene rings is 1. The normalized spacial score (nSPS) is 12.2. The van der Waals surface area contributed by atoms with Gasteiger partial charge in [-0.1, -0.05) is 29.8 Å². The van der Waals surface area contributed by atoms with Crippen LogP contribution < -0.4 is 11.0 Å². The van der Waals surface area contributed by atoms with Gasteiger partial charge >= 0.3 is 5.97 Å². The van der Waals surface area contributed by atoms with Crippen LogP contribution >= 0.6 is 11.6 Å². The Labute approximate surface area is 230 Å². The van der Waals surface area contributed by atoms with Gasteiger partial charge in [-0.3, -0.25) is 14.0 Å². The summed E-state index contributed by atoms with van der Waals surface area (Å²) in [5, 5.41) is 0.784. The Bertz CT molecular complexity index is 1670. The van der Waals surface area contributed by atoms with Crippen LogP contribution in [0.4, 0.5) is 0 Å². The van der Waals surface area contributed by atoms with E-state index in [4.69, 9.17) is 26.1 Å². The summed E-state index contributed by atoms with van der Waals surface area (Å²) in [6.45, 7) is 6.37. The highest BCUT2D eigenvalue weighted by atomic mass is 35.5. The molecule has 0 N–H and O–H groups in total. The molecule has 10 heteroatoms. The summed E-state index contributed by atoms with van der Waals surface area (Å²) >= 11 is 5.94. The van der Waals surface area contributed by atoms with Crippen LogP contribution in [-0.4, -0.2) is 45.1 Å². The molecule has 4 rings (SSSR count). The van der Waals surface area contributed by atoms with Crippen molar-refractivity contribution in [3.63, 3.8) is 0 Å². The predicted octanol–water partition coefficient (Wildman–Crippen LogP) is 4.44. The van der Waals surface area contributed by atoms with Gasteiger partial charge in [-0.2, -0.15) is 4.99 Å². The quantitative estimate of drug-likeness (QED) is 0.133. The Morgan fingerprint density at radius 3 is 2.64 bits per heavy atom. The third-order valence-corrected chi connectivity index (χ3v) is 6.02. The minimum absolute atomic E-state index is 0.00264. The van der Waals surface area contributed by atoms with Gasteiger partial charge in [-0.15, -0.1) is 0 Å². The number of carbonyl (C=O) groups is 2. The van der Waals surface area contributed by atoms with Gasteiger partial charge in [0.05, 0.1) is 18.1 Å². The Kier molecular flexibility index (Phi) is 9.06. The molecule has 3 heterocycles. The fraction of sp³-hybridized carbons (Fsp3) is 0.276. The Balaban J connectivity index is 1.94. The molecule has 0 saturated carbocycles. The first-order valence-corrected chi connectivity index (χ1v) is 13.0. The average molecular weight is 549 g/mol. The summed E-state index contributed by atoms with van der Waals surface area (Å²) in [4.78, 5) is 48.5. The molecule has 0 saturated heterocycles. The number of esters is 1. The van der Waals surface area contributed by atoms with E-state index in [2.05, 4.69) is 4.99 Å². The fourth-order valence-corrected chi connectivity index (χ4v) is 4.12. The number of nitrogens with zero attached hydrogens (tertiary/aromatic N) is 4. The molecule has 0 radical (unpaired) electrons. The molecule has 202 valence electrons. The molecule has 0 fully saturated rings. The smallest absolute Gasteiger partial charge is 0.341 e. The number of halogens is 1. The number of hydrogen-bond donors (Lipinski definition) is 0. The maximum atomic E-state index is 13.4. The molecule has 39 heavy (non-hydrogen) atoms. The largest absolute Gasteiger partial charge is 0.462 e. The van der Waals surface area contributed by atoms with Crippen LogP contribution in [0.15, 0.2) is 70.6 Å². The van der Waals surface area contributed by atoms with Gasteiger partial charge in [0, 0.05) is 30.4 Å². The van der Waals surface area contributed by atoms with E-state index in [1.165, 1.54) is 16.5 Å². The van der Waals surface area contributed by atoms with Crippen molar-refractivity contribution in [3.05, 3.63) is 92.8 Å². The zero-order valence-corrected chi connectivity index (χ0v) is 22.7. The van der Waals surface area contributed by atoms with Gasteiger partial charge in [0.15, 0.2) is 5.49 Å². The molecule has 1 aromatic carbocycles. The molecule has 0 aliphatic rings. The van der Waals surface area contributed by atoms with Crippen LogP contribution in [0.2, 0.25) is 5.02 Å². The van der Waals surface area contributed by atoms with E-state index < -0.39 is 11.9 Å². The van der Waals surface area contributed by atoms with Gasteiger partial charge in [-0.05, 0) is 69.2 Å². The lowest BCUT2D eigenvalue weighted by atomic mass is 10.2. The van der Waals surface area contributed by atoms with Crippen LogP contribution in [0, 0.1) is 0 Å². The van der Waals surface area contributed by atoms with Crippen molar-refractivity contribution in [1.82, 2.24) is 14.0 Å². The van der Waals surface area contributed by atoms with Crippen molar-refractivity contribution in [3.8, 4) is 0 Å². The lowest BCUT2D eigenvalue weighted by Gasteiger charge is -2.15. The zero-order chi connectivity index (χ0) is 27.9. The topological polar surface area (TPSA) is 104 Å². The number of fused-ring (bicyclic) bond motifs is 2. The number of aromatic nitrogens is 3. The van der Waals surface area contributed by atoms with Crippen molar-refractivity contribution in [2.24, 2.45) is 4.99 Å². The van der Waals surface area contributed by atoms with Gasteiger partial charge in [0.1, 0.15) is 16.9 Å². The SMILES string of the molecule is CCOC(=O)c1cc2c(=O)n3ccccc3nc2n(CCCOC(C)C)c1=NC(=O)C=Cc1ccc(Cl)cc1. The van der Waals surface area contributed by atoms with Crippen molar-refractivity contribution >= 4 is 46.2 Å². The van der Waals surface area contributed by atoms with E-state index in [-0.39, 0.29) is 34.7 Å². The monoisotopic (exact) mass is 548 g/mol. The molecule has 1 amide bonds. The van der Waals surface area contributed by atoms with Crippen LogP contribution in [0.5, 0.6) is 0 Å². The van der Waals surface area contributed by atoms with Gasteiger partial charge < -0.3 is 14.0 Å². The van der Waals surface area contributed by atoms with Crippen LogP contribution in [-0.2, 0) is 20.8 Å². The number of hydrogen-bond acceptors (Lipinski definition) is 6. The molecule has 0 aliphatic heterocycles. The number of pyridine rings is 2. The number of amides is 1. The molecule has 0 atom stereocenters. The highest BCUT2D eigenvalue weighted by Gasteiger charge is 2.19. The molecule has 9 nitrogen and oxygen atoms in total. The van der Waals surface area contributed by atoms with Crippen molar-refractivity contribution in [2.75, 3.05) is 13.2 Å². The highest BCUT2D eigenvalue weighted by molar-refractivity contribution is 6.30. The first-order valence-electron chi connectivity index (χ1n) is 12.6. The average Bonchev–Trinajstić information content (AvgIpc) is 2.91. The molecule has 0 spiro atoms. The van der Waals surface area contributed by atoms with Crippen LogP contribution in [0.1, 0.15) is 43.1 Å². The van der Waals surface area contributed by atoms with Crippen molar-refractivity contribution in [2.45, 2.75) is 39.8 Å². The van der Waals surface area contributed by atoms with Crippen LogP contribution in [0.3, 0.4) is 0 Å². The van der Waals surface area contributed by atoms with Crippen molar-refractivity contribution in [1.29, 1.82) is 0 Å². The van der Waals surface area contributed by atoms with E-state index in [1.807, 2.05) is 13.8 Å². The van der Waals surface area contributed by atoms with Gasteiger partial charge in [0.25, 0.3) is 11.5 Å². The first kappa shape index (κ1) is 27.9. The maximum absolute atomic E-state index is 13.4. The Morgan fingerprint density at radius 1 is 1.15 bits per heavy atom. The summed E-state index contributed by atoms with van der Waals surface area (Å²) in [5.41, 5.74) is 1.18. The third-order valence-electron chi connectivity index (χ3n) is 5.77. The summed E-state index contributed by atoms with van der Waals surface area (Å²) in [5.74, 6) is -1.29. The van der Waals surface area contributed by atoms with Crippen LogP contribution in [0.25, 0.3) is 22.8 Å². The van der Waals surface area contributed by atoms with E-state index in [1.54, 1.807) is 66.2 Å². The molecule has 4 aromatic rings. The Morgan fingerprint density at radius 2 is 1.92 bits per heavy atom. The predicted molar refractivity (Wildman–Crippen MR) is 150 cm³/mol. The summed E-state index contributed by atoms with van der Waals surface area (Å²) < 4.78 is 14.0. The minimum Gasteiger partial charge on any atom is -0.462 e. The standard InChI is InChI=1S/C29H29ClN4O5/c1-4-38-29(37)23-18-22-26(31-24-8-5-6-15-33(24)28(22)36)34(16-7-17-39-19(2)3)27(23)32-25(35)14-11-20-9-12-21(30)13-10-20/h5-6,8-15,18-19H,4,7,16-17H2,1-3H3. The second-order valence-corrected chi connectivity index (χ2v) is 9.38. The zero-order valence-electron chi connectivity index (χ0n) is 22.0. The van der Waals surface area contributed by atoms with E-state index >= 15 is 0 Å². The van der Waals surface area contributed by atoms with Gasteiger partial charge in [0.2, 0.25) is 0 Å². The second-order valence-electron chi connectivity index (χ2n) is 8.94. The lowest BCUT2D eigenvalue weighted by molar-refractivity contribution is -0.113. The number of carbonyl (C=O) groups excluding carboxylic acids is 2.